The van der Waals surface area contributed by atoms with Crippen LogP contribution in [0.25, 0.3) is 0 Å². The predicted octanol–water partition coefficient (Wildman–Crippen LogP) is 5.64. The molecule has 0 radical (unpaired) electrons. The average Bonchev–Trinajstić information content (AvgIpc) is 2.57. The van der Waals surface area contributed by atoms with Crippen LogP contribution in [0.2, 0.25) is 0 Å². The molecular weight excluding hydrogens is 315 g/mol. The number of nitriles is 1. The molecule has 5 heteroatoms. The van der Waals surface area contributed by atoms with Crippen molar-refractivity contribution in [3.8, 4) is 6.07 Å². The monoisotopic (exact) mass is 337 g/mol. The Kier molecular flexibility index (Phi) is 6.86. The maximum absolute atomic E-state index is 12.5. The fourth-order valence-electron chi connectivity index (χ4n) is 3.06. The second-order valence-electron chi connectivity index (χ2n) is 6.26. The predicted molar refractivity (Wildman–Crippen MR) is 86.0 cm³/mol. The van der Waals surface area contributed by atoms with Crippen LogP contribution in [0.15, 0.2) is 36.4 Å². The van der Waals surface area contributed by atoms with Gasteiger partial charge in [-0.15, -0.1) is 0 Å². The molecule has 1 aromatic rings. The highest BCUT2D eigenvalue weighted by molar-refractivity contribution is 5.24. The molecule has 0 heterocycles. The average molecular weight is 337 g/mol. The molecule has 1 fully saturated rings. The molecule has 1 aliphatic rings. The van der Waals surface area contributed by atoms with E-state index >= 15 is 0 Å². The van der Waals surface area contributed by atoms with Crippen LogP contribution < -0.4 is 0 Å². The lowest BCUT2D eigenvalue weighted by molar-refractivity contribution is -0.137. The van der Waals surface area contributed by atoms with Crippen molar-refractivity contribution in [3.05, 3.63) is 47.5 Å². The smallest absolute Gasteiger partial charge is 0.374 e. The summed E-state index contributed by atoms with van der Waals surface area (Å²) in [6, 6.07) is 7.16. The zero-order chi connectivity index (χ0) is 17.4. The molecule has 0 saturated heterocycles. The van der Waals surface area contributed by atoms with Crippen LogP contribution in [0.4, 0.5) is 13.2 Å². The Bertz CT molecular complexity index is 564. The second-order valence-corrected chi connectivity index (χ2v) is 6.26. The summed E-state index contributed by atoms with van der Waals surface area (Å²) in [5.74, 6) is 0.680. The number of ether oxygens (including phenoxy) is 1. The van der Waals surface area contributed by atoms with E-state index in [4.69, 9.17) is 10.00 Å². The van der Waals surface area contributed by atoms with Crippen LogP contribution in [0.5, 0.6) is 0 Å². The van der Waals surface area contributed by atoms with Crippen LogP contribution in [0, 0.1) is 17.2 Å². The fourth-order valence-corrected chi connectivity index (χ4v) is 3.06. The molecule has 0 amide bonds. The van der Waals surface area contributed by atoms with Gasteiger partial charge >= 0.3 is 6.18 Å². The second kappa shape index (κ2) is 8.89. The molecule has 0 N–H and O–H groups in total. The summed E-state index contributed by atoms with van der Waals surface area (Å²) < 4.78 is 43.4. The molecule has 0 unspecified atom stereocenters. The van der Waals surface area contributed by atoms with E-state index in [1.165, 1.54) is 18.2 Å². The zero-order valence-electron chi connectivity index (χ0n) is 13.6. The molecule has 24 heavy (non-hydrogen) atoms. The van der Waals surface area contributed by atoms with Gasteiger partial charge in [0.25, 0.3) is 0 Å². The lowest BCUT2D eigenvalue weighted by Gasteiger charge is -2.28. The number of allylic oxidation sites excluding steroid dienone is 2. The number of alkyl halides is 3. The van der Waals surface area contributed by atoms with Crippen molar-refractivity contribution in [3.63, 3.8) is 0 Å². The van der Waals surface area contributed by atoms with Crippen molar-refractivity contribution in [1.82, 2.24) is 0 Å². The standard InChI is InChI=1S/C19H22F3NO/c20-19(21,22)17-9-5-16(6-10-17)14-24-18-11-7-15(8-12-18)4-2-1-3-13-23/h1,3,5-6,9-10,15,18H,2,4,7-8,11-12,14H2/b3-1+. The number of benzene rings is 1. The van der Waals surface area contributed by atoms with E-state index in [1.54, 1.807) is 0 Å². The van der Waals surface area contributed by atoms with Gasteiger partial charge < -0.3 is 4.74 Å². The molecule has 1 aliphatic carbocycles. The Labute approximate surface area is 140 Å². The third-order valence-corrected chi connectivity index (χ3v) is 4.49. The summed E-state index contributed by atoms with van der Waals surface area (Å²) in [6.07, 6.45) is 5.58. The summed E-state index contributed by atoms with van der Waals surface area (Å²) in [5.41, 5.74) is 0.143. The van der Waals surface area contributed by atoms with Gasteiger partial charge in [0.1, 0.15) is 0 Å². The highest BCUT2D eigenvalue weighted by atomic mass is 19.4. The first-order chi connectivity index (χ1) is 11.5. The van der Waals surface area contributed by atoms with Crippen LogP contribution in [-0.4, -0.2) is 6.10 Å². The van der Waals surface area contributed by atoms with E-state index in [9.17, 15) is 13.2 Å². The van der Waals surface area contributed by atoms with Gasteiger partial charge in [0, 0.05) is 6.08 Å². The van der Waals surface area contributed by atoms with Crippen LogP contribution in [0.1, 0.15) is 49.7 Å². The van der Waals surface area contributed by atoms with Gasteiger partial charge in [0.2, 0.25) is 0 Å². The van der Waals surface area contributed by atoms with E-state index in [0.29, 0.717) is 12.5 Å². The Hall–Kier alpha value is -1.80. The van der Waals surface area contributed by atoms with Crippen LogP contribution in [0.3, 0.4) is 0 Å². The number of rotatable bonds is 6. The van der Waals surface area contributed by atoms with Crippen molar-refractivity contribution >= 4 is 0 Å². The number of nitrogens with zero attached hydrogens (tertiary/aromatic N) is 1. The summed E-state index contributed by atoms with van der Waals surface area (Å²) in [4.78, 5) is 0. The minimum Gasteiger partial charge on any atom is -0.374 e. The number of hydrogen-bond donors (Lipinski definition) is 0. The van der Waals surface area contributed by atoms with Gasteiger partial charge in [-0.2, -0.15) is 18.4 Å². The van der Waals surface area contributed by atoms with Gasteiger partial charge in [-0.1, -0.05) is 18.2 Å². The van der Waals surface area contributed by atoms with Crippen molar-refractivity contribution in [2.24, 2.45) is 5.92 Å². The van der Waals surface area contributed by atoms with E-state index in [1.807, 2.05) is 12.1 Å². The molecule has 2 nitrogen and oxygen atoms in total. The third kappa shape index (κ3) is 6.01. The van der Waals surface area contributed by atoms with E-state index in [2.05, 4.69) is 0 Å². The SMILES string of the molecule is N#C/C=C/CCC1CCC(OCc2ccc(C(F)(F)F)cc2)CC1. The first-order valence-corrected chi connectivity index (χ1v) is 8.31. The Morgan fingerprint density at radius 1 is 1.12 bits per heavy atom. The van der Waals surface area contributed by atoms with E-state index < -0.39 is 11.7 Å². The maximum Gasteiger partial charge on any atom is 0.416 e. The van der Waals surface area contributed by atoms with Crippen molar-refractivity contribution in [1.29, 1.82) is 5.26 Å². The van der Waals surface area contributed by atoms with Crippen molar-refractivity contribution < 1.29 is 17.9 Å². The van der Waals surface area contributed by atoms with Crippen molar-refractivity contribution in [2.45, 2.75) is 57.4 Å². The number of halogens is 3. The number of hydrogen-bond acceptors (Lipinski definition) is 2. The topological polar surface area (TPSA) is 33.0 Å². The molecule has 130 valence electrons. The summed E-state index contributed by atoms with van der Waals surface area (Å²) in [7, 11) is 0. The molecule has 0 atom stereocenters. The molecular formula is C19H22F3NO. The molecule has 0 aromatic heterocycles. The van der Waals surface area contributed by atoms with E-state index in [-0.39, 0.29) is 6.10 Å². The summed E-state index contributed by atoms with van der Waals surface area (Å²) >= 11 is 0. The molecule has 1 aromatic carbocycles. The summed E-state index contributed by atoms with van der Waals surface area (Å²) in [5, 5.41) is 8.44. The molecule has 2 rings (SSSR count). The molecule has 0 bridgehead atoms. The lowest BCUT2D eigenvalue weighted by Crippen LogP contribution is -2.21. The van der Waals surface area contributed by atoms with Gasteiger partial charge in [0.15, 0.2) is 0 Å². The largest absolute Gasteiger partial charge is 0.416 e. The Morgan fingerprint density at radius 2 is 1.79 bits per heavy atom. The van der Waals surface area contributed by atoms with Gasteiger partial charge in [-0.05, 0) is 62.1 Å². The first kappa shape index (κ1) is 18.5. The normalized spacial score (nSPS) is 21.8. The lowest BCUT2D eigenvalue weighted by atomic mass is 9.84. The first-order valence-electron chi connectivity index (χ1n) is 8.31. The van der Waals surface area contributed by atoms with Crippen molar-refractivity contribution in [2.75, 3.05) is 0 Å². The minimum absolute atomic E-state index is 0.193. The fraction of sp³-hybridized carbons (Fsp3) is 0.526. The minimum atomic E-state index is -4.29. The highest BCUT2D eigenvalue weighted by Crippen LogP contribution is 2.31. The Morgan fingerprint density at radius 3 is 2.38 bits per heavy atom. The zero-order valence-corrected chi connectivity index (χ0v) is 13.6. The van der Waals surface area contributed by atoms with E-state index in [0.717, 1.165) is 56.2 Å². The van der Waals surface area contributed by atoms with Crippen LogP contribution >= 0.6 is 0 Å². The van der Waals surface area contributed by atoms with Crippen LogP contribution in [-0.2, 0) is 17.5 Å². The highest BCUT2D eigenvalue weighted by Gasteiger charge is 2.30. The molecule has 1 saturated carbocycles. The molecule has 0 spiro atoms. The Balaban J connectivity index is 1.69. The molecule has 0 aliphatic heterocycles. The third-order valence-electron chi connectivity index (χ3n) is 4.49. The maximum atomic E-state index is 12.5. The quantitative estimate of drug-likeness (QED) is 0.629. The summed E-state index contributed by atoms with van der Waals surface area (Å²) in [6.45, 7) is 0.360. The van der Waals surface area contributed by atoms with Gasteiger partial charge in [-0.25, -0.2) is 0 Å². The van der Waals surface area contributed by atoms with Gasteiger partial charge in [-0.3, -0.25) is 0 Å². The van der Waals surface area contributed by atoms with Gasteiger partial charge in [0.05, 0.1) is 24.3 Å².